The third-order valence-corrected chi connectivity index (χ3v) is 3.42. The molecule has 0 saturated heterocycles. The highest BCUT2D eigenvalue weighted by Gasteiger charge is 2.16. The molecule has 1 aliphatic heterocycles. The van der Waals surface area contributed by atoms with Crippen molar-refractivity contribution in [2.75, 3.05) is 19.5 Å². The number of aromatic nitrogens is 2. The number of nitrogen functional groups attached to an aromatic ring is 1. The summed E-state index contributed by atoms with van der Waals surface area (Å²) < 4.78 is 10.5. The van der Waals surface area contributed by atoms with Crippen molar-refractivity contribution in [3.63, 3.8) is 0 Å². The Morgan fingerprint density at radius 1 is 1.25 bits per heavy atom. The zero-order valence-corrected chi connectivity index (χ0v) is 11.4. The number of rotatable bonds is 3. The summed E-state index contributed by atoms with van der Waals surface area (Å²) in [6, 6.07) is 7.90. The van der Waals surface area contributed by atoms with E-state index in [1.807, 2.05) is 24.3 Å². The molecule has 0 bridgehead atoms. The van der Waals surface area contributed by atoms with E-state index in [4.69, 9.17) is 15.2 Å². The van der Waals surface area contributed by atoms with E-state index in [9.17, 15) is 0 Å². The first-order valence-electron chi connectivity index (χ1n) is 6.61. The number of hydrogen-bond acceptors (Lipinski definition) is 5. The maximum Gasteiger partial charge on any atom is 0.135 e. The summed E-state index contributed by atoms with van der Waals surface area (Å²) in [5.74, 6) is 2.14. The van der Waals surface area contributed by atoms with Crippen LogP contribution >= 0.6 is 0 Å². The zero-order valence-electron chi connectivity index (χ0n) is 11.4. The molecule has 1 aromatic carbocycles. The maximum atomic E-state index is 5.99. The van der Waals surface area contributed by atoms with E-state index in [1.165, 1.54) is 0 Å². The first-order valence-corrected chi connectivity index (χ1v) is 6.61. The molecule has 0 aliphatic carbocycles. The van der Waals surface area contributed by atoms with Crippen LogP contribution in [0.2, 0.25) is 0 Å². The van der Waals surface area contributed by atoms with Crippen molar-refractivity contribution >= 4 is 5.82 Å². The second-order valence-corrected chi connectivity index (χ2v) is 4.78. The van der Waals surface area contributed by atoms with Crippen LogP contribution < -0.4 is 10.5 Å². The Balaban J connectivity index is 1.85. The van der Waals surface area contributed by atoms with Crippen molar-refractivity contribution in [2.24, 2.45) is 0 Å². The molecule has 104 valence electrons. The Morgan fingerprint density at radius 2 is 2.05 bits per heavy atom. The van der Waals surface area contributed by atoms with E-state index in [1.54, 1.807) is 7.11 Å². The van der Waals surface area contributed by atoms with Crippen LogP contribution in [0, 0.1) is 0 Å². The average molecular weight is 271 g/mol. The lowest BCUT2D eigenvalue weighted by atomic mass is 10.1. The molecule has 1 aromatic heterocycles. The Hall–Kier alpha value is -2.14. The molecule has 0 amide bonds. The van der Waals surface area contributed by atoms with Crippen LogP contribution in [0.4, 0.5) is 5.82 Å². The monoisotopic (exact) mass is 271 g/mol. The van der Waals surface area contributed by atoms with Gasteiger partial charge in [-0.15, -0.1) is 0 Å². The topological polar surface area (TPSA) is 70.3 Å². The summed E-state index contributed by atoms with van der Waals surface area (Å²) >= 11 is 0. The molecule has 0 saturated carbocycles. The number of hydrogen-bond donors (Lipinski definition) is 1. The van der Waals surface area contributed by atoms with Crippen LogP contribution in [-0.4, -0.2) is 23.7 Å². The molecule has 0 unspecified atom stereocenters. The van der Waals surface area contributed by atoms with Crippen molar-refractivity contribution in [3.05, 3.63) is 46.9 Å². The minimum atomic E-state index is 0.518. The van der Waals surface area contributed by atoms with Crippen LogP contribution in [0.5, 0.6) is 5.75 Å². The number of nitrogens with zero attached hydrogens (tertiary/aromatic N) is 2. The molecule has 2 heterocycles. The summed E-state index contributed by atoms with van der Waals surface area (Å²) in [6.07, 6.45) is 1.47. The van der Waals surface area contributed by atoms with Gasteiger partial charge >= 0.3 is 0 Å². The van der Waals surface area contributed by atoms with Gasteiger partial charge in [-0.05, 0) is 17.7 Å². The largest absolute Gasteiger partial charge is 0.497 e. The number of nitrogens with two attached hydrogens (primary N) is 1. The van der Waals surface area contributed by atoms with Crippen molar-refractivity contribution in [1.82, 2.24) is 9.97 Å². The van der Waals surface area contributed by atoms with Gasteiger partial charge in [-0.1, -0.05) is 12.1 Å². The lowest BCUT2D eigenvalue weighted by molar-refractivity contribution is 0.109. The molecule has 2 aromatic rings. The van der Waals surface area contributed by atoms with Crippen molar-refractivity contribution < 1.29 is 9.47 Å². The average Bonchev–Trinajstić information content (AvgIpc) is 2.48. The van der Waals surface area contributed by atoms with Crippen LogP contribution in [0.15, 0.2) is 24.3 Å². The molecule has 0 spiro atoms. The molecule has 0 fully saturated rings. The molecule has 0 atom stereocenters. The van der Waals surface area contributed by atoms with E-state index in [0.717, 1.165) is 34.8 Å². The summed E-state index contributed by atoms with van der Waals surface area (Å²) in [4.78, 5) is 8.99. The summed E-state index contributed by atoms with van der Waals surface area (Å²) in [7, 11) is 1.66. The van der Waals surface area contributed by atoms with Gasteiger partial charge in [0.05, 0.1) is 26.0 Å². The summed E-state index contributed by atoms with van der Waals surface area (Å²) in [5, 5.41) is 0. The first kappa shape index (κ1) is 12.9. The molecule has 5 heteroatoms. The molecule has 0 radical (unpaired) electrons. The molecule has 2 N–H and O–H groups in total. The van der Waals surface area contributed by atoms with Crippen LogP contribution in [0.25, 0.3) is 0 Å². The number of ether oxygens (including phenoxy) is 2. The van der Waals surface area contributed by atoms with Crippen LogP contribution in [0.1, 0.15) is 22.6 Å². The van der Waals surface area contributed by atoms with Crippen LogP contribution in [-0.2, 0) is 24.2 Å². The Morgan fingerprint density at radius 3 is 2.80 bits per heavy atom. The summed E-state index contributed by atoms with van der Waals surface area (Å²) in [5.41, 5.74) is 9.09. The predicted octanol–water partition coefficient (Wildman–Crippen LogP) is 1.73. The van der Waals surface area contributed by atoms with Gasteiger partial charge in [-0.25, -0.2) is 9.97 Å². The predicted molar refractivity (Wildman–Crippen MR) is 75.6 cm³/mol. The first-order chi connectivity index (χ1) is 9.76. The van der Waals surface area contributed by atoms with Gasteiger partial charge in [0.15, 0.2) is 0 Å². The van der Waals surface area contributed by atoms with Crippen molar-refractivity contribution in [2.45, 2.75) is 19.4 Å². The lowest BCUT2D eigenvalue weighted by Gasteiger charge is -2.17. The summed E-state index contributed by atoms with van der Waals surface area (Å²) in [6.45, 7) is 1.22. The maximum absolute atomic E-state index is 5.99. The highest BCUT2D eigenvalue weighted by Crippen LogP contribution is 2.21. The molecular weight excluding hydrogens is 254 g/mol. The Bertz CT molecular complexity index is 611. The zero-order chi connectivity index (χ0) is 13.9. The third-order valence-electron chi connectivity index (χ3n) is 3.42. The van der Waals surface area contributed by atoms with E-state index in [2.05, 4.69) is 9.97 Å². The number of anilines is 1. The minimum absolute atomic E-state index is 0.518. The van der Waals surface area contributed by atoms with Gasteiger partial charge in [0.25, 0.3) is 0 Å². The Kier molecular flexibility index (Phi) is 3.52. The normalized spacial score (nSPS) is 13.8. The van der Waals surface area contributed by atoms with Crippen molar-refractivity contribution in [3.8, 4) is 5.75 Å². The van der Waals surface area contributed by atoms with Gasteiger partial charge in [0, 0.05) is 18.4 Å². The van der Waals surface area contributed by atoms with Gasteiger partial charge < -0.3 is 15.2 Å². The van der Waals surface area contributed by atoms with Gasteiger partial charge in [-0.2, -0.15) is 0 Å². The second-order valence-electron chi connectivity index (χ2n) is 4.78. The van der Waals surface area contributed by atoms with E-state index in [-0.39, 0.29) is 0 Å². The van der Waals surface area contributed by atoms with Crippen LogP contribution in [0.3, 0.4) is 0 Å². The standard InChI is InChI=1S/C15H17N3O2/c1-19-11-4-2-10(3-5-11)8-14-17-13-6-7-20-9-12(13)15(16)18-14/h2-5H,6-9H2,1H3,(H2,16,17,18). The molecular formula is C15H17N3O2. The molecule has 3 rings (SSSR count). The second kappa shape index (κ2) is 5.46. The van der Waals surface area contributed by atoms with E-state index >= 15 is 0 Å². The van der Waals surface area contributed by atoms with E-state index < -0.39 is 0 Å². The van der Waals surface area contributed by atoms with Gasteiger partial charge in [-0.3, -0.25) is 0 Å². The lowest BCUT2D eigenvalue weighted by Crippen LogP contribution is -2.17. The van der Waals surface area contributed by atoms with Gasteiger partial charge in [0.2, 0.25) is 0 Å². The SMILES string of the molecule is COc1ccc(Cc2nc(N)c3c(n2)CCOC3)cc1. The van der Waals surface area contributed by atoms with Gasteiger partial charge in [0.1, 0.15) is 17.4 Å². The quantitative estimate of drug-likeness (QED) is 0.920. The van der Waals surface area contributed by atoms with E-state index in [0.29, 0.717) is 25.5 Å². The number of methoxy groups -OCH3 is 1. The highest BCUT2D eigenvalue weighted by molar-refractivity contribution is 5.43. The number of benzene rings is 1. The minimum Gasteiger partial charge on any atom is -0.497 e. The highest BCUT2D eigenvalue weighted by atomic mass is 16.5. The fraction of sp³-hybridized carbons (Fsp3) is 0.333. The molecule has 20 heavy (non-hydrogen) atoms. The van der Waals surface area contributed by atoms with Crippen molar-refractivity contribution in [1.29, 1.82) is 0 Å². The number of fused-ring (bicyclic) bond motifs is 1. The molecule has 5 nitrogen and oxygen atoms in total. The third kappa shape index (κ3) is 2.58. The Labute approximate surface area is 117 Å². The fourth-order valence-corrected chi connectivity index (χ4v) is 2.31. The molecule has 1 aliphatic rings. The smallest absolute Gasteiger partial charge is 0.135 e. The fourth-order valence-electron chi connectivity index (χ4n) is 2.31.